The third-order valence-electron chi connectivity index (χ3n) is 26.9. The Balaban J connectivity index is 0.000000165. The second kappa shape index (κ2) is 42.0. The first-order valence-electron chi connectivity index (χ1n) is 43.2. The number of hydrogen-bond donors (Lipinski definition) is 0. The quantitative estimate of drug-likeness (QED) is 0.0490. The van der Waals surface area contributed by atoms with Crippen LogP contribution in [0.25, 0.3) is 0 Å². The minimum atomic E-state index is -0.890. The molecule has 3 heterocycles. The second-order valence-corrected chi connectivity index (χ2v) is 34.3. The summed E-state index contributed by atoms with van der Waals surface area (Å²) in [5, 5.41) is 0. The van der Waals surface area contributed by atoms with Gasteiger partial charge in [0.05, 0.1) is 38.1 Å². The zero-order valence-corrected chi connectivity index (χ0v) is 64.7. The van der Waals surface area contributed by atoms with Crippen LogP contribution in [-0.4, -0.2) is 38.1 Å². The molecule has 6 aliphatic carbocycles. The van der Waals surface area contributed by atoms with Crippen LogP contribution in [0, 0.1) is 106 Å². The molecule has 9 aliphatic rings. The number of benzene rings is 3. The lowest BCUT2D eigenvalue weighted by Crippen LogP contribution is -2.27. The van der Waals surface area contributed by atoms with E-state index in [1.165, 1.54) is 167 Å². The first-order chi connectivity index (χ1) is 49.8. The van der Waals surface area contributed by atoms with Crippen LogP contribution in [0.3, 0.4) is 0 Å². The molecule has 102 heavy (non-hydrogen) atoms. The fourth-order valence-corrected chi connectivity index (χ4v) is 20.4. The van der Waals surface area contributed by atoms with Gasteiger partial charge < -0.3 is 28.4 Å². The third-order valence-corrected chi connectivity index (χ3v) is 26.9. The Kier molecular flexibility index (Phi) is 33.2. The van der Waals surface area contributed by atoms with E-state index in [-0.39, 0.29) is 52.8 Å². The Hall–Kier alpha value is -3.96. The molecule has 6 fully saturated rings. The van der Waals surface area contributed by atoms with Gasteiger partial charge in [0.1, 0.15) is 0 Å². The second-order valence-electron chi connectivity index (χ2n) is 34.3. The van der Waals surface area contributed by atoms with E-state index >= 15 is 0 Å². The smallest absolute Gasteiger partial charge is 0.204 e. The Morgan fingerprint density at radius 1 is 0.265 bits per heavy atom. The zero-order valence-electron chi connectivity index (χ0n) is 64.7. The van der Waals surface area contributed by atoms with Gasteiger partial charge in [0.2, 0.25) is 34.9 Å². The van der Waals surface area contributed by atoms with Gasteiger partial charge in [0.15, 0.2) is 34.5 Å². The summed E-state index contributed by atoms with van der Waals surface area (Å²) in [7, 11) is 0. The fourth-order valence-electron chi connectivity index (χ4n) is 20.4. The van der Waals surface area contributed by atoms with Crippen molar-refractivity contribution in [3.63, 3.8) is 0 Å². The molecule has 3 aromatic carbocycles. The average molecular weight is 1430 g/mol. The van der Waals surface area contributed by atoms with Gasteiger partial charge >= 0.3 is 0 Å². The predicted octanol–water partition coefficient (Wildman–Crippen LogP) is 27.1. The maximum absolute atomic E-state index is 14.9. The summed E-state index contributed by atoms with van der Waals surface area (Å²) in [6, 6.07) is 5.06. The van der Waals surface area contributed by atoms with E-state index in [1.54, 1.807) is 18.2 Å². The van der Waals surface area contributed by atoms with E-state index in [4.69, 9.17) is 28.4 Å². The summed E-state index contributed by atoms with van der Waals surface area (Å²) < 4.78 is 124. The molecule has 3 unspecified atom stereocenters. The summed E-state index contributed by atoms with van der Waals surface area (Å²) >= 11 is 0. The first kappa shape index (κ1) is 80.6. The lowest BCUT2D eigenvalue weighted by molar-refractivity contribution is 0.119. The van der Waals surface area contributed by atoms with Gasteiger partial charge in [0, 0.05) is 16.7 Å². The van der Waals surface area contributed by atoms with E-state index in [2.05, 4.69) is 41.5 Å². The Morgan fingerprint density at radius 2 is 0.510 bits per heavy atom. The number of halogens is 6. The highest BCUT2D eigenvalue weighted by Gasteiger charge is 2.37. The summed E-state index contributed by atoms with van der Waals surface area (Å²) in [6.45, 7) is 14.8. The van der Waals surface area contributed by atoms with E-state index in [9.17, 15) is 26.3 Å². The Labute approximate surface area is 614 Å². The van der Waals surface area contributed by atoms with Crippen molar-refractivity contribution in [3.05, 3.63) is 69.8 Å². The van der Waals surface area contributed by atoms with Gasteiger partial charge in [0.25, 0.3) is 0 Å². The van der Waals surface area contributed by atoms with E-state index in [0.717, 1.165) is 211 Å². The molecule has 3 aliphatic heterocycles. The van der Waals surface area contributed by atoms with E-state index in [1.807, 2.05) is 0 Å². The highest BCUT2D eigenvalue weighted by atomic mass is 19.2. The topological polar surface area (TPSA) is 55.4 Å². The molecule has 12 rings (SSSR count). The lowest BCUT2D eigenvalue weighted by atomic mass is 9.69. The van der Waals surface area contributed by atoms with Crippen molar-refractivity contribution < 1.29 is 54.8 Å². The Morgan fingerprint density at radius 3 is 0.775 bits per heavy atom. The summed E-state index contributed by atoms with van der Waals surface area (Å²) in [5.74, 6) is 4.86. The van der Waals surface area contributed by atoms with E-state index in [0.29, 0.717) is 37.6 Å². The molecule has 0 saturated heterocycles. The fraction of sp³-hybridized carbons (Fsp3) is 0.800. The van der Waals surface area contributed by atoms with Crippen molar-refractivity contribution in [1.29, 1.82) is 0 Å². The number of ether oxygens (including phenoxy) is 6. The molecule has 6 nitrogen and oxygen atoms in total. The minimum absolute atomic E-state index is 0.00315. The molecule has 0 N–H and O–H groups in total. The van der Waals surface area contributed by atoms with Gasteiger partial charge in [-0.1, -0.05) is 164 Å². The maximum atomic E-state index is 14.9. The van der Waals surface area contributed by atoms with E-state index < -0.39 is 34.9 Å². The Bertz CT molecular complexity index is 2910. The monoisotopic (exact) mass is 1430 g/mol. The molecule has 0 radical (unpaired) electrons. The average Bonchev–Trinajstić information content (AvgIpc) is 0.790. The highest BCUT2D eigenvalue weighted by Crippen LogP contribution is 2.48. The van der Waals surface area contributed by atoms with Gasteiger partial charge in [-0.3, -0.25) is 0 Å². The molecule has 12 heteroatoms. The summed E-state index contributed by atoms with van der Waals surface area (Å²) in [6.07, 6.45) is 57.8. The first-order valence-corrected chi connectivity index (χ1v) is 43.2. The van der Waals surface area contributed by atoms with Gasteiger partial charge in [-0.25, -0.2) is 0 Å². The number of fused-ring (bicyclic) bond motifs is 3. The zero-order chi connectivity index (χ0) is 71.7. The molecule has 576 valence electrons. The molecule has 3 atom stereocenters. The standard InChI is InChI=1S/C32H50F2O2.C30H46F2O2.C28H42F2O2/c1-3-5-7-9-23-11-15-25(16-12-23)26-17-13-24(14-18-26)22-35-29-21-27-19-20-28(10-8-6-4-2)36-32(27)31(34)30(29)33;1-3-5-6-8-26-18-17-25-19-27(28(31)29(32)30(25)34-26)33-20-22-11-15-24(16-12-22)23-13-9-21(7-4-2)10-14-23;1-3-5-19-7-11-21(12-8-19)22-13-9-20(10-14-22)18-31-25-17-23-15-16-24(6-4-2)32-28(23)27(30)26(25)29/h21,23-26,28H,3-20,22H2,1-2H3;19,21-24,26H,3-18,20H2,1-2H3;17,19-22,24H,3-16,18H2,1-2H3. The third kappa shape index (κ3) is 23.0. The van der Waals surface area contributed by atoms with Crippen LogP contribution in [0.4, 0.5) is 26.3 Å². The van der Waals surface area contributed by atoms with Crippen molar-refractivity contribution in [1.82, 2.24) is 0 Å². The summed E-state index contributed by atoms with van der Waals surface area (Å²) in [4.78, 5) is 0. The number of aryl methyl sites for hydroxylation is 3. The van der Waals surface area contributed by atoms with Crippen molar-refractivity contribution in [2.45, 2.75) is 368 Å². The van der Waals surface area contributed by atoms with Crippen LogP contribution >= 0.6 is 0 Å². The van der Waals surface area contributed by atoms with Crippen LogP contribution in [0.5, 0.6) is 34.5 Å². The number of rotatable bonds is 30. The lowest BCUT2D eigenvalue weighted by Gasteiger charge is -2.38. The summed E-state index contributed by atoms with van der Waals surface area (Å²) in [5.41, 5.74) is 2.25. The van der Waals surface area contributed by atoms with Crippen LogP contribution in [0.15, 0.2) is 18.2 Å². The molecule has 0 amide bonds. The van der Waals surface area contributed by atoms with Crippen molar-refractivity contribution in [2.24, 2.45) is 71.0 Å². The van der Waals surface area contributed by atoms with Crippen molar-refractivity contribution in [2.75, 3.05) is 19.8 Å². The molecule has 0 aromatic heterocycles. The predicted molar refractivity (Wildman–Crippen MR) is 404 cm³/mol. The van der Waals surface area contributed by atoms with Gasteiger partial charge in [-0.2, -0.15) is 26.3 Å². The number of hydrogen-bond acceptors (Lipinski definition) is 6. The molecular weight excluding hydrogens is 1290 g/mol. The maximum Gasteiger partial charge on any atom is 0.204 e. The molecular formula is C90H138F6O6. The molecule has 3 aromatic rings. The molecule has 0 bridgehead atoms. The van der Waals surface area contributed by atoms with Crippen LogP contribution < -0.4 is 28.4 Å². The van der Waals surface area contributed by atoms with Crippen LogP contribution in [0.1, 0.15) is 347 Å². The number of unbranched alkanes of at least 4 members (excludes halogenated alkanes) is 6. The van der Waals surface area contributed by atoms with Crippen molar-refractivity contribution in [3.8, 4) is 34.5 Å². The molecule has 0 spiro atoms. The minimum Gasteiger partial charge on any atom is -0.490 e. The van der Waals surface area contributed by atoms with Gasteiger partial charge in [-0.15, -0.1) is 0 Å². The molecule has 6 saturated carbocycles. The normalized spacial score (nSPS) is 29.4. The van der Waals surface area contributed by atoms with Gasteiger partial charge in [-0.05, 0) is 275 Å². The van der Waals surface area contributed by atoms with Crippen molar-refractivity contribution >= 4 is 0 Å². The van der Waals surface area contributed by atoms with Crippen LogP contribution in [0.2, 0.25) is 0 Å². The van der Waals surface area contributed by atoms with Crippen LogP contribution in [-0.2, 0) is 19.3 Å². The SMILES string of the molecule is CCCC1CCC(C2CCC(COc3cc4c(c(F)c3F)OC(CCC)CC4)CC2)CC1.CCCCCC1CCC(C2CCC(COc3cc4c(c(F)c3F)OC(CCCCC)CC4)CC2)CC1.CCCCCC1CCc2cc(OCC3CCC(C4CCC(CCC)CC4)CC3)c(F)c(F)c2O1. The highest BCUT2D eigenvalue weighted by molar-refractivity contribution is 5.46. The largest absolute Gasteiger partial charge is 0.490 e.